The van der Waals surface area contributed by atoms with Crippen molar-refractivity contribution in [3.05, 3.63) is 94.5 Å². The summed E-state index contributed by atoms with van der Waals surface area (Å²) in [6.45, 7) is 3.29. The van der Waals surface area contributed by atoms with Gasteiger partial charge in [0.1, 0.15) is 18.3 Å². The van der Waals surface area contributed by atoms with Crippen LogP contribution < -0.4 is 14.4 Å². The molecule has 212 valence electrons. The number of nitrogens with zero attached hydrogens (tertiary/aromatic N) is 3. The predicted molar refractivity (Wildman–Crippen MR) is 150 cm³/mol. The number of methoxy groups -OCH3 is 1. The van der Waals surface area contributed by atoms with Crippen molar-refractivity contribution in [2.75, 3.05) is 24.5 Å². The van der Waals surface area contributed by atoms with Crippen LogP contribution in [0.1, 0.15) is 25.8 Å². The van der Waals surface area contributed by atoms with Crippen molar-refractivity contribution >= 4 is 33.2 Å². The Morgan fingerprint density at radius 3 is 2.17 bits per heavy atom. The highest BCUT2D eigenvalue weighted by atomic mass is 32.2. The average Bonchev–Trinajstić information content (AvgIpc) is 2.97. The summed E-state index contributed by atoms with van der Waals surface area (Å²) in [4.78, 5) is 38.5. The molecule has 0 aromatic heterocycles. The number of anilines is 1. The first kappa shape index (κ1) is 30.1. The third-order valence-electron chi connectivity index (χ3n) is 6.19. The molecule has 0 bridgehead atoms. The summed E-state index contributed by atoms with van der Waals surface area (Å²) in [6, 6.07) is 18.5. The van der Waals surface area contributed by atoms with E-state index in [1.165, 1.54) is 48.4 Å². The Labute approximate surface area is 233 Å². The minimum absolute atomic E-state index is 0.0308. The van der Waals surface area contributed by atoms with Crippen molar-refractivity contribution in [1.29, 1.82) is 0 Å². The van der Waals surface area contributed by atoms with Crippen LogP contribution in [0.5, 0.6) is 5.75 Å². The second kappa shape index (κ2) is 13.6. The van der Waals surface area contributed by atoms with Crippen LogP contribution >= 0.6 is 0 Å². The Morgan fingerprint density at radius 1 is 1.00 bits per heavy atom. The Morgan fingerprint density at radius 2 is 1.62 bits per heavy atom. The molecule has 11 nitrogen and oxygen atoms in total. The molecule has 3 aromatic rings. The largest absolute Gasteiger partial charge is 0.497 e. The number of hydrogen-bond donors (Lipinski definition) is 1. The minimum atomic E-state index is -4.26. The summed E-state index contributed by atoms with van der Waals surface area (Å²) in [5.41, 5.74) is 0.543. The van der Waals surface area contributed by atoms with Gasteiger partial charge in [-0.1, -0.05) is 37.3 Å². The van der Waals surface area contributed by atoms with Gasteiger partial charge in [0.2, 0.25) is 11.8 Å². The van der Waals surface area contributed by atoms with E-state index >= 15 is 0 Å². The molecule has 0 aliphatic rings. The Hall–Kier alpha value is -4.45. The Bertz CT molecular complexity index is 1410. The van der Waals surface area contributed by atoms with Crippen LogP contribution in [0.15, 0.2) is 83.8 Å². The second-order valence-corrected chi connectivity index (χ2v) is 10.8. The van der Waals surface area contributed by atoms with E-state index in [9.17, 15) is 28.1 Å². The molecule has 3 rings (SSSR count). The van der Waals surface area contributed by atoms with Gasteiger partial charge < -0.3 is 15.0 Å². The number of rotatable bonds is 13. The second-order valence-electron chi connectivity index (χ2n) is 8.93. The first-order valence-corrected chi connectivity index (χ1v) is 14.0. The summed E-state index contributed by atoms with van der Waals surface area (Å²) in [5, 5.41) is 13.9. The van der Waals surface area contributed by atoms with Crippen molar-refractivity contribution in [2.45, 2.75) is 37.8 Å². The molecule has 0 aliphatic heterocycles. The lowest BCUT2D eigenvalue weighted by Crippen LogP contribution is -2.51. The number of carbonyl (C=O) groups excluding carboxylic acids is 2. The maximum Gasteiger partial charge on any atom is 0.269 e. The number of benzene rings is 3. The fourth-order valence-electron chi connectivity index (χ4n) is 3.90. The minimum Gasteiger partial charge on any atom is -0.497 e. The van der Waals surface area contributed by atoms with Crippen LogP contribution in [-0.2, 0) is 26.2 Å². The van der Waals surface area contributed by atoms with Crippen LogP contribution in [0, 0.1) is 10.1 Å². The summed E-state index contributed by atoms with van der Waals surface area (Å²) in [7, 11) is -2.73. The SMILES string of the molecule is CCCNC(=O)[C@H](C)N(Cc1ccc(OC)cc1)C(=O)CN(c1ccc([N+](=O)[O-])cc1)S(=O)(=O)c1ccccc1. The number of non-ortho nitro benzene ring substituents is 1. The van der Waals surface area contributed by atoms with Gasteiger partial charge in [-0.05, 0) is 55.3 Å². The Kier molecular flexibility index (Phi) is 10.2. The van der Waals surface area contributed by atoms with Crippen LogP contribution in [0.4, 0.5) is 11.4 Å². The number of nitro groups is 1. The van der Waals surface area contributed by atoms with Crippen LogP contribution in [-0.4, -0.2) is 56.3 Å². The van der Waals surface area contributed by atoms with E-state index in [0.717, 1.165) is 4.31 Å². The third-order valence-corrected chi connectivity index (χ3v) is 7.98. The summed E-state index contributed by atoms with van der Waals surface area (Å²) in [5.74, 6) is -0.391. The van der Waals surface area contributed by atoms with Gasteiger partial charge in [-0.25, -0.2) is 8.42 Å². The molecule has 0 fully saturated rings. The number of ether oxygens (including phenoxy) is 1. The van der Waals surface area contributed by atoms with Crippen molar-refractivity contribution in [3.63, 3.8) is 0 Å². The maximum atomic E-state index is 13.8. The van der Waals surface area contributed by atoms with E-state index in [2.05, 4.69) is 5.32 Å². The van der Waals surface area contributed by atoms with Crippen molar-refractivity contribution in [1.82, 2.24) is 10.2 Å². The Balaban J connectivity index is 2.01. The number of sulfonamides is 1. The average molecular weight is 569 g/mol. The van der Waals surface area contributed by atoms with Crippen molar-refractivity contribution < 1.29 is 27.7 Å². The molecule has 0 saturated heterocycles. The zero-order chi connectivity index (χ0) is 29.3. The van der Waals surface area contributed by atoms with Gasteiger partial charge in [-0.3, -0.25) is 24.0 Å². The van der Waals surface area contributed by atoms with E-state index in [1.807, 2.05) is 6.92 Å². The lowest BCUT2D eigenvalue weighted by Gasteiger charge is -2.32. The van der Waals surface area contributed by atoms with Crippen molar-refractivity contribution in [3.8, 4) is 5.75 Å². The van der Waals surface area contributed by atoms with Gasteiger partial charge in [0.25, 0.3) is 15.7 Å². The van der Waals surface area contributed by atoms with E-state index < -0.39 is 33.4 Å². The molecule has 0 saturated carbocycles. The third kappa shape index (κ3) is 7.35. The van der Waals surface area contributed by atoms with Gasteiger partial charge in [0, 0.05) is 25.2 Å². The fourth-order valence-corrected chi connectivity index (χ4v) is 5.33. The quantitative estimate of drug-likeness (QED) is 0.245. The summed E-state index contributed by atoms with van der Waals surface area (Å²) >= 11 is 0. The molecule has 40 heavy (non-hydrogen) atoms. The maximum absolute atomic E-state index is 13.8. The molecule has 0 unspecified atom stereocenters. The fraction of sp³-hybridized carbons (Fsp3) is 0.286. The molecular formula is C28H32N4O7S. The number of hydrogen-bond acceptors (Lipinski definition) is 7. The highest BCUT2D eigenvalue weighted by Gasteiger charge is 2.32. The van der Waals surface area contributed by atoms with Gasteiger partial charge in [-0.2, -0.15) is 0 Å². The van der Waals surface area contributed by atoms with Crippen molar-refractivity contribution in [2.24, 2.45) is 0 Å². The molecule has 2 amide bonds. The normalized spacial score (nSPS) is 11.8. The first-order chi connectivity index (χ1) is 19.1. The highest BCUT2D eigenvalue weighted by Crippen LogP contribution is 2.26. The van der Waals surface area contributed by atoms with E-state index in [1.54, 1.807) is 49.4 Å². The summed E-state index contributed by atoms with van der Waals surface area (Å²) < 4.78 is 33.5. The van der Waals surface area contributed by atoms with E-state index in [4.69, 9.17) is 4.74 Å². The molecule has 3 aromatic carbocycles. The zero-order valence-electron chi connectivity index (χ0n) is 22.5. The number of nitro benzene ring substituents is 1. The molecule has 1 atom stereocenters. The number of amides is 2. The van der Waals surface area contributed by atoms with Gasteiger partial charge in [0.15, 0.2) is 0 Å². The zero-order valence-corrected chi connectivity index (χ0v) is 23.3. The number of carbonyl (C=O) groups is 2. The smallest absolute Gasteiger partial charge is 0.269 e. The highest BCUT2D eigenvalue weighted by molar-refractivity contribution is 7.92. The molecule has 0 radical (unpaired) electrons. The molecule has 0 aliphatic carbocycles. The van der Waals surface area contributed by atoms with Gasteiger partial charge in [0.05, 0.1) is 22.6 Å². The molecule has 0 spiro atoms. The first-order valence-electron chi connectivity index (χ1n) is 12.6. The van der Waals surface area contributed by atoms with Crippen LogP contribution in [0.2, 0.25) is 0 Å². The predicted octanol–water partition coefficient (Wildman–Crippen LogP) is 3.74. The summed E-state index contributed by atoms with van der Waals surface area (Å²) in [6.07, 6.45) is 0.703. The molecule has 1 N–H and O–H groups in total. The van der Waals surface area contributed by atoms with Crippen LogP contribution in [0.3, 0.4) is 0 Å². The topological polar surface area (TPSA) is 139 Å². The molecule has 0 heterocycles. The number of nitrogens with one attached hydrogen (secondary N) is 1. The van der Waals surface area contributed by atoms with Gasteiger partial charge in [-0.15, -0.1) is 0 Å². The van der Waals surface area contributed by atoms with Crippen LogP contribution in [0.25, 0.3) is 0 Å². The van der Waals surface area contributed by atoms with Gasteiger partial charge >= 0.3 is 0 Å². The molecular weight excluding hydrogens is 536 g/mol. The molecule has 12 heteroatoms. The monoisotopic (exact) mass is 568 g/mol. The standard InChI is InChI=1S/C28H32N4O7S/c1-4-18-29-28(34)21(2)30(19-22-10-16-25(39-3)17-11-22)27(33)20-31(23-12-14-24(15-13-23)32(35)36)40(37,38)26-8-6-5-7-9-26/h5-17,21H,4,18-20H2,1-3H3,(H,29,34)/t21-/m0/s1. The lowest BCUT2D eigenvalue weighted by molar-refractivity contribution is -0.384. The lowest BCUT2D eigenvalue weighted by atomic mass is 10.1. The van der Waals surface area contributed by atoms with E-state index in [-0.39, 0.29) is 28.7 Å². The van der Waals surface area contributed by atoms with E-state index in [0.29, 0.717) is 24.3 Å².